The molecule has 0 aliphatic heterocycles. The molecule has 0 saturated heterocycles. The Balaban J connectivity index is 2.33. The predicted molar refractivity (Wildman–Crippen MR) is 84.2 cm³/mol. The number of carbonyl (C=O) groups excluding carboxylic acids is 1. The van der Waals surface area contributed by atoms with Gasteiger partial charge in [0.1, 0.15) is 11.8 Å². The number of nitrogens with one attached hydrogen (secondary N) is 1. The first-order valence-corrected chi connectivity index (χ1v) is 6.79. The Morgan fingerprint density at radius 1 is 1.33 bits per heavy atom. The minimum Gasteiger partial charge on any atom is -0.497 e. The number of amides is 1. The zero-order valence-electron chi connectivity index (χ0n) is 11.2. The fourth-order valence-corrected chi connectivity index (χ4v) is 2.19. The van der Waals surface area contributed by atoms with E-state index in [0.717, 1.165) is 0 Å². The normalized spacial score (nSPS) is 9.76. The molecule has 0 spiro atoms. The summed E-state index contributed by atoms with van der Waals surface area (Å²) < 4.78 is 5.74. The molecule has 106 valence electrons. The maximum Gasteiger partial charge on any atom is 0.256 e. The van der Waals surface area contributed by atoms with Gasteiger partial charge in [0.25, 0.3) is 5.91 Å². The number of nitrogen functional groups attached to an aromatic ring is 1. The molecule has 0 aliphatic rings. The summed E-state index contributed by atoms with van der Waals surface area (Å²) in [4.78, 5) is 12.3. The summed E-state index contributed by atoms with van der Waals surface area (Å²) in [5.74, 6) is 0.225. The predicted octanol–water partition coefficient (Wildman–Crippen LogP) is 3.16. The van der Waals surface area contributed by atoms with E-state index in [1.165, 1.54) is 13.2 Å². The van der Waals surface area contributed by atoms with E-state index in [0.29, 0.717) is 32.7 Å². The van der Waals surface area contributed by atoms with Crippen molar-refractivity contribution in [2.24, 2.45) is 0 Å². The molecule has 0 heterocycles. The van der Waals surface area contributed by atoms with Crippen molar-refractivity contribution in [3.8, 4) is 11.8 Å². The number of nitriles is 1. The van der Waals surface area contributed by atoms with Crippen molar-refractivity contribution in [2.45, 2.75) is 0 Å². The molecule has 0 radical (unpaired) electrons. The first kappa shape index (κ1) is 14.9. The van der Waals surface area contributed by atoms with Crippen LogP contribution < -0.4 is 15.8 Å². The van der Waals surface area contributed by atoms with E-state index in [2.05, 4.69) is 21.2 Å². The number of ether oxygens (including phenoxy) is 1. The topological polar surface area (TPSA) is 88.1 Å². The molecule has 0 unspecified atom stereocenters. The largest absolute Gasteiger partial charge is 0.497 e. The van der Waals surface area contributed by atoms with Gasteiger partial charge in [-0.3, -0.25) is 4.79 Å². The Hall–Kier alpha value is -2.52. The van der Waals surface area contributed by atoms with Crippen LogP contribution in [0.5, 0.6) is 5.75 Å². The first-order valence-electron chi connectivity index (χ1n) is 5.99. The Kier molecular flexibility index (Phi) is 4.45. The van der Waals surface area contributed by atoms with E-state index < -0.39 is 0 Å². The van der Waals surface area contributed by atoms with Crippen molar-refractivity contribution in [1.29, 1.82) is 5.26 Å². The minimum absolute atomic E-state index is 0.308. The summed E-state index contributed by atoms with van der Waals surface area (Å²) in [6, 6.07) is 11.8. The number of halogens is 1. The lowest BCUT2D eigenvalue weighted by Gasteiger charge is -2.10. The Labute approximate surface area is 130 Å². The Morgan fingerprint density at radius 2 is 2.10 bits per heavy atom. The lowest BCUT2D eigenvalue weighted by Crippen LogP contribution is -2.13. The van der Waals surface area contributed by atoms with Crippen LogP contribution >= 0.6 is 15.9 Å². The van der Waals surface area contributed by atoms with Gasteiger partial charge in [0.05, 0.1) is 23.9 Å². The van der Waals surface area contributed by atoms with E-state index >= 15 is 0 Å². The van der Waals surface area contributed by atoms with Gasteiger partial charge in [-0.1, -0.05) is 0 Å². The molecule has 6 heteroatoms. The van der Waals surface area contributed by atoms with Crippen LogP contribution in [-0.4, -0.2) is 13.0 Å². The fourth-order valence-electron chi connectivity index (χ4n) is 1.76. The number of hydrogen-bond donors (Lipinski definition) is 2. The lowest BCUT2D eigenvalue weighted by molar-refractivity contribution is 0.102. The molecule has 0 saturated carbocycles. The number of benzene rings is 2. The van der Waals surface area contributed by atoms with Crippen LogP contribution in [-0.2, 0) is 0 Å². The number of rotatable bonds is 3. The van der Waals surface area contributed by atoms with Crippen LogP contribution in [0.2, 0.25) is 0 Å². The van der Waals surface area contributed by atoms with E-state index in [9.17, 15) is 4.79 Å². The van der Waals surface area contributed by atoms with Crippen molar-refractivity contribution < 1.29 is 9.53 Å². The third-order valence-electron chi connectivity index (χ3n) is 2.83. The maximum atomic E-state index is 12.3. The molecule has 2 aromatic rings. The lowest BCUT2D eigenvalue weighted by atomic mass is 10.1. The molecule has 0 bridgehead atoms. The molecule has 0 aliphatic carbocycles. The van der Waals surface area contributed by atoms with Crippen LogP contribution in [0.1, 0.15) is 15.9 Å². The monoisotopic (exact) mass is 345 g/mol. The highest BCUT2D eigenvalue weighted by Crippen LogP contribution is 2.25. The standard InChI is InChI=1S/C15H12BrN3O2/c1-21-11-3-4-13(16)12(7-11)15(20)19-14-5-2-10(18)6-9(14)8-17/h2-7H,18H2,1H3,(H,19,20). The number of hydrogen-bond acceptors (Lipinski definition) is 4. The molecule has 5 nitrogen and oxygen atoms in total. The molecule has 0 atom stereocenters. The Morgan fingerprint density at radius 3 is 2.76 bits per heavy atom. The van der Waals surface area contributed by atoms with Gasteiger partial charge in [0.15, 0.2) is 0 Å². The highest BCUT2D eigenvalue weighted by atomic mass is 79.9. The quantitative estimate of drug-likeness (QED) is 0.836. The molecule has 1 amide bonds. The van der Waals surface area contributed by atoms with Gasteiger partial charge in [-0.2, -0.15) is 5.26 Å². The SMILES string of the molecule is COc1ccc(Br)c(C(=O)Nc2ccc(N)cc2C#N)c1. The number of anilines is 2. The highest BCUT2D eigenvalue weighted by Gasteiger charge is 2.13. The number of nitrogens with two attached hydrogens (primary N) is 1. The summed E-state index contributed by atoms with van der Waals surface area (Å²) in [5, 5.41) is 11.8. The molecule has 21 heavy (non-hydrogen) atoms. The zero-order chi connectivity index (χ0) is 15.4. The Bertz CT molecular complexity index is 738. The van der Waals surface area contributed by atoms with E-state index in [1.54, 1.807) is 30.3 Å². The molecular formula is C15H12BrN3O2. The highest BCUT2D eigenvalue weighted by molar-refractivity contribution is 9.10. The average molecular weight is 346 g/mol. The molecule has 0 fully saturated rings. The zero-order valence-corrected chi connectivity index (χ0v) is 12.8. The van der Waals surface area contributed by atoms with Crippen molar-refractivity contribution in [3.63, 3.8) is 0 Å². The second-order valence-electron chi connectivity index (χ2n) is 4.22. The van der Waals surface area contributed by atoms with Crippen LogP contribution in [0.4, 0.5) is 11.4 Å². The van der Waals surface area contributed by atoms with Crippen molar-refractivity contribution in [1.82, 2.24) is 0 Å². The molecule has 3 N–H and O–H groups in total. The van der Waals surface area contributed by atoms with Gasteiger partial charge in [0, 0.05) is 10.2 Å². The van der Waals surface area contributed by atoms with Crippen LogP contribution in [0.3, 0.4) is 0 Å². The summed E-state index contributed by atoms with van der Waals surface area (Å²) in [6.45, 7) is 0. The second-order valence-corrected chi connectivity index (χ2v) is 5.07. The van der Waals surface area contributed by atoms with Crippen LogP contribution in [0.15, 0.2) is 40.9 Å². The van der Waals surface area contributed by atoms with Crippen molar-refractivity contribution in [3.05, 3.63) is 52.0 Å². The minimum atomic E-state index is -0.345. The van der Waals surface area contributed by atoms with Gasteiger partial charge in [0.2, 0.25) is 0 Å². The maximum absolute atomic E-state index is 12.3. The molecule has 2 rings (SSSR count). The summed E-state index contributed by atoms with van der Waals surface area (Å²) >= 11 is 3.32. The van der Waals surface area contributed by atoms with Crippen LogP contribution in [0, 0.1) is 11.3 Å². The second kappa shape index (κ2) is 6.29. The van der Waals surface area contributed by atoms with Gasteiger partial charge >= 0.3 is 0 Å². The smallest absolute Gasteiger partial charge is 0.256 e. The van der Waals surface area contributed by atoms with Gasteiger partial charge in [-0.25, -0.2) is 0 Å². The fraction of sp³-hybridized carbons (Fsp3) is 0.0667. The number of methoxy groups -OCH3 is 1. The van der Waals surface area contributed by atoms with Crippen LogP contribution in [0.25, 0.3) is 0 Å². The molecular weight excluding hydrogens is 334 g/mol. The van der Waals surface area contributed by atoms with Gasteiger partial charge in [-0.15, -0.1) is 0 Å². The summed E-state index contributed by atoms with van der Waals surface area (Å²) in [6.07, 6.45) is 0. The van der Waals surface area contributed by atoms with Crippen molar-refractivity contribution in [2.75, 3.05) is 18.2 Å². The average Bonchev–Trinajstić information content (AvgIpc) is 2.49. The van der Waals surface area contributed by atoms with Gasteiger partial charge < -0.3 is 15.8 Å². The summed E-state index contributed by atoms with van der Waals surface area (Å²) in [7, 11) is 1.53. The third kappa shape index (κ3) is 3.33. The van der Waals surface area contributed by atoms with E-state index in [4.69, 9.17) is 15.7 Å². The van der Waals surface area contributed by atoms with E-state index in [-0.39, 0.29) is 5.91 Å². The summed E-state index contributed by atoms with van der Waals surface area (Å²) in [5.41, 5.74) is 7.21. The number of carbonyl (C=O) groups is 1. The molecule has 0 aromatic heterocycles. The van der Waals surface area contributed by atoms with Crippen molar-refractivity contribution >= 4 is 33.2 Å². The van der Waals surface area contributed by atoms with Gasteiger partial charge in [-0.05, 0) is 52.3 Å². The molecule has 2 aromatic carbocycles. The first-order chi connectivity index (χ1) is 10.0. The number of nitrogens with zero attached hydrogens (tertiary/aromatic N) is 1. The third-order valence-corrected chi connectivity index (χ3v) is 3.52. The van der Waals surface area contributed by atoms with E-state index in [1.807, 2.05) is 6.07 Å².